The summed E-state index contributed by atoms with van der Waals surface area (Å²) >= 11 is 0. The van der Waals surface area contributed by atoms with Crippen LogP contribution in [0.25, 0.3) is 0 Å². The molecule has 0 aromatic carbocycles. The van der Waals surface area contributed by atoms with Crippen LogP contribution in [-0.2, 0) is 75.0 Å². The first-order valence-corrected chi connectivity index (χ1v) is 33.1. The maximum absolute atomic E-state index is 13.5. The number of hydrogen-bond acceptors (Lipinski definition) is 16. The Hall–Kier alpha value is -0.370. The second kappa shape index (κ2) is 69.9. The monoisotopic (exact) mass is 1130 g/mol. The molecule has 0 aliphatic heterocycles. The fraction of sp³-hybridized carbons (Fsp3) is 1.00. The quantitative estimate of drug-likeness (QED) is 0.0418. The molecule has 0 aromatic rings. The van der Waals surface area contributed by atoms with Crippen molar-refractivity contribution in [3.63, 3.8) is 0 Å². The van der Waals surface area contributed by atoms with Gasteiger partial charge in [0.05, 0.1) is 159 Å². The molecular formula is C60H123O16P. The summed E-state index contributed by atoms with van der Waals surface area (Å²) in [5, 5.41) is 0. The van der Waals surface area contributed by atoms with E-state index in [0.717, 1.165) is 39.1 Å². The third-order valence-electron chi connectivity index (χ3n) is 12.7. The van der Waals surface area contributed by atoms with Crippen LogP contribution in [0.3, 0.4) is 0 Å². The van der Waals surface area contributed by atoms with Crippen LogP contribution < -0.4 is 0 Å². The summed E-state index contributed by atoms with van der Waals surface area (Å²) in [5.41, 5.74) is 0. The van der Waals surface area contributed by atoms with Crippen LogP contribution in [0.2, 0.25) is 0 Å². The molecule has 0 rings (SSSR count). The molecule has 77 heavy (non-hydrogen) atoms. The Kier molecular flexibility index (Phi) is 69.6. The van der Waals surface area contributed by atoms with E-state index in [2.05, 4.69) is 20.8 Å². The fourth-order valence-corrected chi connectivity index (χ4v) is 9.21. The fourth-order valence-electron chi connectivity index (χ4n) is 8.10. The summed E-state index contributed by atoms with van der Waals surface area (Å²) in [7, 11) is -3.92. The Morgan fingerprint density at radius 2 is 0.299 bits per heavy atom. The smallest absolute Gasteiger partial charge is 0.379 e. The zero-order chi connectivity index (χ0) is 55.4. The van der Waals surface area contributed by atoms with E-state index in [4.69, 9.17) is 70.4 Å². The summed E-state index contributed by atoms with van der Waals surface area (Å²) < 4.78 is 97.9. The van der Waals surface area contributed by atoms with Gasteiger partial charge in [-0.3, -0.25) is 13.6 Å². The summed E-state index contributed by atoms with van der Waals surface area (Å²) in [6.45, 7) is 18.3. The van der Waals surface area contributed by atoms with Gasteiger partial charge in [0.25, 0.3) is 0 Å². The van der Waals surface area contributed by atoms with Gasteiger partial charge in [0.2, 0.25) is 0 Å². The van der Waals surface area contributed by atoms with Crippen molar-refractivity contribution in [2.24, 2.45) is 0 Å². The Labute approximate surface area is 473 Å². The number of ether oxygens (including phenoxy) is 12. The van der Waals surface area contributed by atoms with Gasteiger partial charge in [0, 0.05) is 19.8 Å². The molecule has 0 aliphatic rings. The maximum atomic E-state index is 13.5. The highest BCUT2D eigenvalue weighted by atomic mass is 31.2. The molecule has 0 saturated heterocycles. The Bertz CT molecular complexity index is 972. The molecule has 0 spiro atoms. The first-order chi connectivity index (χ1) is 38.2. The van der Waals surface area contributed by atoms with E-state index in [1.807, 2.05) is 0 Å². The number of unbranched alkanes of at least 4 members (excludes halogenated alkanes) is 27. The van der Waals surface area contributed by atoms with Crippen LogP contribution in [-0.4, -0.2) is 178 Å². The van der Waals surface area contributed by atoms with Crippen molar-refractivity contribution in [1.29, 1.82) is 0 Å². The van der Waals surface area contributed by atoms with Gasteiger partial charge in [-0.2, -0.15) is 0 Å². The van der Waals surface area contributed by atoms with Gasteiger partial charge in [-0.05, 0) is 19.3 Å². The Morgan fingerprint density at radius 1 is 0.169 bits per heavy atom. The molecule has 0 bridgehead atoms. The van der Waals surface area contributed by atoms with Crippen LogP contribution in [0.15, 0.2) is 0 Å². The van der Waals surface area contributed by atoms with Crippen LogP contribution in [0.4, 0.5) is 0 Å². The van der Waals surface area contributed by atoms with E-state index in [9.17, 15) is 4.57 Å². The molecule has 0 N–H and O–H groups in total. The molecule has 0 unspecified atom stereocenters. The van der Waals surface area contributed by atoms with E-state index in [1.54, 1.807) is 0 Å². The third-order valence-corrected chi connectivity index (χ3v) is 14.2. The third kappa shape index (κ3) is 68.0. The summed E-state index contributed by atoms with van der Waals surface area (Å²) in [6.07, 6.45) is 39.6. The molecule has 16 nitrogen and oxygen atoms in total. The first kappa shape index (κ1) is 76.6. The van der Waals surface area contributed by atoms with Crippen LogP contribution in [0.1, 0.15) is 213 Å². The lowest BCUT2D eigenvalue weighted by Gasteiger charge is -2.18. The number of phosphoric ester groups is 1. The van der Waals surface area contributed by atoms with Gasteiger partial charge in [0.1, 0.15) is 0 Å². The van der Waals surface area contributed by atoms with Gasteiger partial charge in [-0.15, -0.1) is 0 Å². The average Bonchev–Trinajstić information content (AvgIpc) is 3.43. The first-order valence-electron chi connectivity index (χ1n) is 31.6. The van der Waals surface area contributed by atoms with Crippen molar-refractivity contribution < 1.29 is 75.0 Å². The highest BCUT2D eigenvalue weighted by Gasteiger charge is 2.26. The highest BCUT2D eigenvalue weighted by Crippen LogP contribution is 2.49. The highest BCUT2D eigenvalue weighted by molar-refractivity contribution is 7.48. The summed E-state index contributed by atoms with van der Waals surface area (Å²) in [6, 6.07) is 0. The second-order valence-electron chi connectivity index (χ2n) is 19.8. The van der Waals surface area contributed by atoms with E-state index < -0.39 is 7.82 Å². The minimum Gasteiger partial charge on any atom is -0.379 e. The Balaban J connectivity index is 4.09. The predicted molar refractivity (Wildman–Crippen MR) is 311 cm³/mol. The van der Waals surface area contributed by atoms with Crippen molar-refractivity contribution in [3.05, 3.63) is 0 Å². The normalized spacial score (nSPS) is 12.0. The van der Waals surface area contributed by atoms with Crippen LogP contribution in [0.5, 0.6) is 0 Å². The van der Waals surface area contributed by atoms with Crippen molar-refractivity contribution in [3.8, 4) is 0 Å². The molecule has 0 aliphatic carbocycles. The molecule has 0 saturated carbocycles. The van der Waals surface area contributed by atoms with Crippen molar-refractivity contribution in [2.75, 3.05) is 178 Å². The molecule has 0 fully saturated rings. The van der Waals surface area contributed by atoms with Crippen molar-refractivity contribution >= 4 is 7.82 Å². The standard InChI is InChI=1S/C60H123O16P/c1-4-7-10-13-16-19-22-25-28-31-34-62-37-40-65-43-46-68-49-52-71-55-58-74-77(61,75-59-56-72-53-50-69-47-44-66-41-38-63-35-32-29-26-23-20-17-14-11-8-5-2)76-60-57-73-54-51-70-48-45-67-42-39-64-36-33-30-27-24-21-18-15-12-9-6-3/h4-60H2,1-3H3. The lowest BCUT2D eigenvalue weighted by Crippen LogP contribution is -2.15. The lowest BCUT2D eigenvalue weighted by atomic mass is 10.1. The maximum Gasteiger partial charge on any atom is 0.475 e. The van der Waals surface area contributed by atoms with Crippen molar-refractivity contribution in [1.82, 2.24) is 0 Å². The van der Waals surface area contributed by atoms with Crippen LogP contribution in [0, 0.1) is 0 Å². The largest absolute Gasteiger partial charge is 0.475 e. The van der Waals surface area contributed by atoms with Gasteiger partial charge in [-0.1, -0.05) is 194 Å². The zero-order valence-electron chi connectivity index (χ0n) is 50.3. The van der Waals surface area contributed by atoms with E-state index in [1.165, 1.54) is 173 Å². The lowest BCUT2D eigenvalue weighted by molar-refractivity contribution is -0.0144. The van der Waals surface area contributed by atoms with Gasteiger partial charge in [0.15, 0.2) is 0 Å². The number of rotatable bonds is 72. The summed E-state index contributed by atoms with van der Waals surface area (Å²) in [5.74, 6) is 0. The molecule has 17 heteroatoms. The second-order valence-corrected chi connectivity index (χ2v) is 21.5. The minimum atomic E-state index is -3.92. The molecular weight excluding hydrogens is 1010 g/mol. The predicted octanol–water partition coefficient (Wildman–Crippen LogP) is 14.1. The number of hydrogen-bond donors (Lipinski definition) is 0. The SMILES string of the molecule is CCCCCCCCCCCCOCCOCCOCCOCCOP(=O)(OCCOCCOCCOCCOCCCCCCCCCCCC)OCCOCCOCCOCCOCCCCCCCCCCCC. The van der Waals surface area contributed by atoms with Crippen molar-refractivity contribution in [2.45, 2.75) is 213 Å². The van der Waals surface area contributed by atoms with Gasteiger partial charge >= 0.3 is 7.82 Å². The van der Waals surface area contributed by atoms with E-state index in [0.29, 0.717) is 119 Å². The topological polar surface area (TPSA) is 156 Å². The van der Waals surface area contributed by atoms with E-state index >= 15 is 0 Å². The summed E-state index contributed by atoms with van der Waals surface area (Å²) in [4.78, 5) is 0. The molecule has 0 atom stereocenters. The van der Waals surface area contributed by atoms with Gasteiger partial charge in [-0.25, -0.2) is 4.57 Å². The minimum absolute atomic E-state index is 0.00398. The molecule has 464 valence electrons. The number of phosphoric acid groups is 1. The average molecular weight is 1130 g/mol. The van der Waals surface area contributed by atoms with Gasteiger partial charge < -0.3 is 56.8 Å². The molecule has 0 radical (unpaired) electrons. The molecule has 0 aromatic heterocycles. The zero-order valence-corrected chi connectivity index (χ0v) is 51.2. The molecule has 0 heterocycles. The Morgan fingerprint density at radius 3 is 0.468 bits per heavy atom. The molecule has 0 amide bonds. The van der Waals surface area contributed by atoms with Crippen LogP contribution >= 0.6 is 7.82 Å². The van der Waals surface area contributed by atoms with E-state index in [-0.39, 0.29) is 39.6 Å².